The largest absolute Gasteiger partial charge is 0.336 e. The molecule has 0 saturated carbocycles. The number of carbonyl (C=O) groups excluding carboxylic acids is 1. The van der Waals surface area contributed by atoms with Gasteiger partial charge in [0.15, 0.2) is 0 Å². The zero-order chi connectivity index (χ0) is 10.1. The van der Waals surface area contributed by atoms with Crippen molar-refractivity contribution in [3.05, 3.63) is 34.6 Å². The summed E-state index contributed by atoms with van der Waals surface area (Å²) >= 11 is 5.69. The molecule has 74 valence electrons. The van der Waals surface area contributed by atoms with Crippen molar-refractivity contribution in [3.63, 3.8) is 0 Å². The molecule has 0 unspecified atom stereocenters. The van der Waals surface area contributed by atoms with E-state index >= 15 is 0 Å². The van der Waals surface area contributed by atoms with Gasteiger partial charge in [0.2, 0.25) is 0 Å². The van der Waals surface area contributed by atoms with E-state index in [9.17, 15) is 9.18 Å². The highest BCUT2D eigenvalue weighted by Gasteiger charge is 2.21. The van der Waals surface area contributed by atoms with E-state index in [2.05, 4.69) is 10.6 Å². The Morgan fingerprint density at radius 1 is 1.43 bits per heavy atom. The molecule has 1 fully saturated rings. The van der Waals surface area contributed by atoms with Crippen molar-refractivity contribution in [2.45, 2.75) is 6.04 Å². The molecule has 0 aromatic heterocycles. The topological polar surface area (TPSA) is 41.1 Å². The third-order valence-corrected chi connectivity index (χ3v) is 2.28. The summed E-state index contributed by atoms with van der Waals surface area (Å²) in [6.07, 6.45) is 0. The fraction of sp³-hybridized carbons (Fsp3) is 0.222. The summed E-state index contributed by atoms with van der Waals surface area (Å²) in [4.78, 5) is 10.8. The molecular formula is C9H8ClFN2O. The molecule has 0 spiro atoms. The van der Waals surface area contributed by atoms with Crippen molar-refractivity contribution < 1.29 is 9.18 Å². The molecule has 14 heavy (non-hydrogen) atoms. The Morgan fingerprint density at radius 3 is 2.79 bits per heavy atom. The normalized spacial score (nSPS) is 20.4. The molecule has 3 nitrogen and oxygen atoms in total. The Bertz CT molecular complexity index is 363. The summed E-state index contributed by atoms with van der Waals surface area (Å²) in [5, 5.41) is 5.58. The Balaban J connectivity index is 2.27. The predicted molar refractivity (Wildman–Crippen MR) is 50.7 cm³/mol. The Morgan fingerprint density at radius 2 is 2.21 bits per heavy atom. The van der Waals surface area contributed by atoms with Crippen LogP contribution in [0.3, 0.4) is 0 Å². The monoisotopic (exact) mass is 214 g/mol. The summed E-state index contributed by atoms with van der Waals surface area (Å²) < 4.78 is 13.0. The minimum Gasteiger partial charge on any atom is -0.336 e. The van der Waals surface area contributed by atoms with E-state index in [-0.39, 0.29) is 12.1 Å². The van der Waals surface area contributed by atoms with Crippen molar-refractivity contribution in [1.82, 2.24) is 10.6 Å². The van der Waals surface area contributed by atoms with E-state index in [4.69, 9.17) is 11.6 Å². The van der Waals surface area contributed by atoms with Crippen LogP contribution in [0.15, 0.2) is 18.2 Å². The molecular weight excluding hydrogens is 207 g/mol. The van der Waals surface area contributed by atoms with Gasteiger partial charge in [0, 0.05) is 11.6 Å². The molecule has 2 amide bonds. The number of carbonyl (C=O) groups is 1. The van der Waals surface area contributed by atoms with Crippen LogP contribution in [0.4, 0.5) is 9.18 Å². The molecule has 2 N–H and O–H groups in total. The molecule has 1 aromatic rings. The number of benzene rings is 1. The molecule has 0 aliphatic carbocycles. The lowest BCUT2D eigenvalue weighted by atomic mass is 10.1. The molecule has 2 rings (SSSR count). The summed E-state index contributed by atoms with van der Waals surface area (Å²) in [5.41, 5.74) is 0.674. The zero-order valence-electron chi connectivity index (χ0n) is 7.18. The third kappa shape index (κ3) is 1.80. The van der Waals surface area contributed by atoms with E-state index in [0.717, 1.165) is 0 Å². The fourth-order valence-corrected chi connectivity index (χ4v) is 1.66. The van der Waals surface area contributed by atoms with E-state index in [1.807, 2.05) is 0 Å². The van der Waals surface area contributed by atoms with Crippen LogP contribution in [0.25, 0.3) is 0 Å². The van der Waals surface area contributed by atoms with Crippen LogP contribution in [0.5, 0.6) is 0 Å². The van der Waals surface area contributed by atoms with Crippen molar-refractivity contribution in [1.29, 1.82) is 0 Å². The van der Waals surface area contributed by atoms with Crippen molar-refractivity contribution in [3.8, 4) is 0 Å². The Labute approximate surface area is 85.3 Å². The maximum atomic E-state index is 13.0. The number of amides is 2. The second-order valence-corrected chi connectivity index (χ2v) is 3.55. The van der Waals surface area contributed by atoms with E-state index in [0.29, 0.717) is 17.1 Å². The molecule has 1 aliphatic heterocycles. The van der Waals surface area contributed by atoms with E-state index < -0.39 is 5.82 Å². The molecule has 1 atom stereocenters. The van der Waals surface area contributed by atoms with Gasteiger partial charge in [-0.3, -0.25) is 0 Å². The Kier molecular flexibility index (Phi) is 2.29. The van der Waals surface area contributed by atoms with Crippen LogP contribution in [0.1, 0.15) is 11.6 Å². The highest BCUT2D eigenvalue weighted by molar-refractivity contribution is 6.30. The molecule has 0 radical (unpaired) electrons. The van der Waals surface area contributed by atoms with Gasteiger partial charge in [-0.2, -0.15) is 0 Å². The van der Waals surface area contributed by atoms with Gasteiger partial charge in [-0.25, -0.2) is 9.18 Å². The fourth-order valence-electron chi connectivity index (χ4n) is 1.43. The second-order valence-electron chi connectivity index (χ2n) is 3.11. The first-order valence-electron chi connectivity index (χ1n) is 4.15. The number of nitrogens with one attached hydrogen (secondary N) is 2. The highest BCUT2D eigenvalue weighted by Crippen LogP contribution is 2.21. The van der Waals surface area contributed by atoms with Crippen LogP contribution in [0.2, 0.25) is 5.02 Å². The third-order valence-electron chi connectivity index (χ3n) is 2.06. The number of urea groups is 1. The van der Waals surface area contributed by atoms with Gasteiger partial charge < -0.3 is 10.6 Å². The first-order chi connectivity index (χ1) is 6.65. The average Bonchev–Trinajstić information content (AvgIpc) is 2.50. The minimum atomic E-state index is -0.395. The van der Waals surface area contributed by atoms with Gasteiger partial charge in [-0.15, -0.1) is 0 Å². The average molecular weight is 215 g/mol. The van der Waals surface area contributed by atoms with E-state index in [1.165, 1.54) is 12.1 Å². The van der Waals surface area contributed by atoms with E-state index in [1.54, 1.807) is 6.07 Å². The first-order valence-corrected chi connectivity index (χ1v) is 4.53. The van der Waals surface area contributed by atoms with Gasteiger partial charge in [0.25, 0.3) is 0 Å². The lowest BCUT2D eigenvalue weighted by Crippen LogP contribution is -2.21. The molecule has 5 heteroatoms. The summed E-state index contributed by atoms with van der Waals surface area (Å²) in [5.74, 6) is -0.395. The number of hydrogen-bond acceptors (Lipinski definition) is 1. The molecule has 1 heterocycles. The summed E-state index contributed by atoms with van der Waals surface area (Å²) in [6.45, 7) is 0.457. The second kappa shape index (κ2) is 3.46. The van der Waals surface area contributed by atoms with Gasteiger partial charge in [0.1, 0.15) is 5.82 Å². The minimum absolute atomic E-state index is 0.198. The lowest BCUT2D eigenvalue weighted by Gasteiger charge is -2.09. The summed E-state index contributed by atoms with van der Waals surface area (Å²) in [7, 11) is 0. The molecule has 1 saturated heterocycles. The summed E-state index contributed by atoms with van der Waals surface area (Å²) in [6, 6.07) is 3.80. The van der Waals surface area contributed by atoms with Crippen molar-refractivity contribution in [2.75, 3.05) is 6.54 Å². The Hall–Kier alpha value is -1.29. The molecule has 1 aromatic carbocycles. The predicted octanol–water partition coefficient (Wildman–Crippen LogP) is 1.83. The maximum Gasteiger partial charge on any atom is 0.315 e. The number of halogens is 2. The quantitative estimate of drug-likeness (QED) is 0.736. The van der Waals surface area contributed by atoms with Crippen LogP contribution in [-0.4, -0.2) is 12.6 Å². The van der Waals surface area contributed by atoms with Crippen LogP contribution < -0.4 is 10.6 Å². The van der Waals surface area contributed by atoms with Gasteiger partial charge in [0.05, 0.1) is 6.04 Å². The standard InChI is InChI=1S/C9H8ClFN2O/c10-6-1-5(2-7(11)3-6)8-4-12-9(14)13-8/h1-3,8H,4H2,(H2,12,13,14)/t8-/m0/s1. The molecule has 1 aliphatic rings. The SMILES string of the molecule is O=C1NC[C@@H](c2cc(F)cc(Cl)c2)N1. The highest BCUT2D eigenvalue weighted by atomic mass is 35.5. The smallest absolute Gasteiger partial charge is 0.315 e. The van der Waals surface area contributed by atoms with Gasteiger partial charge >= 0.3 is 6.03 Å². The van der Waals surface area contributed by atoms with Crippen LogP contribution in [-0.2, 0) is 0 Å². The van der Waals surface area contributed by atoms with Crippen LogP contribution >= 0.6 is 11.6 Å². The van der Waals surface area contributed by atoms with Gasteiger partial charge in [-0.05, 0) is 23.8 Å². The maximum absolute atomic E-state index is 13.0. The zero-order valence-corrected chi connectivity index (χ0v) is 7.94. The number of rotatable bonds is 1. The first kappa shape index (κ1) is 9.27. The lowest BCUT2D eigenvalue weighted by molar-refractivity contribution is 0.247. The number of hydrogen-bond donors (Lipinski definition) is 2. The van der Waals surface area contributed by atoms with Crippen molar-refractivity contribution in [2.24, 2.45) is 0 Å². The van der Waals surface area contributed by atoms with Crippen LogP contribution in [0, 0.1) is 5.82 Å². The molecule has 0 bridgehead atoms. The van der Waals surface area contributed by atoms with Gasteiger partial charge in [-0.1, -0.05) is 11.6 Å². The van der Waals surface area contributed by atoms with Crippen molar-refractivity contribution >= 4 is 17.6 Å².